The largest absolute Gasteiger partial charge is 0.479 e. The third-order valence-corrected chi connectivity index (χ3v) is 2.44. The number of allylic oxidation sites excluding steroid dienone is 1. The molecule has 1 aromatic rings. The molecule has 16 heavy (non-hydrogen) atoms. The van der Waals surface area contributed by atoms with E-state index in [9.17, 15) is 9.18 Å². The third-order valence-electron chi connectivity index (χ3n) is 1.95. The van der Waals surface area contributed by atoms with E-state index in [0.717, 1.165) is 0 Å². The van der Waals surface area contributed by atoms with Gasteiger partial charge in [-0.2, -0.15) is 0 Å². The van der Waals surface area contributed by atoms with Gasteiger partial charge < -0.3 is 10.4 Å². The molecule has 0 aliphatic rings. The average molecular weight is 288 g/mol. The molecular formula is C11H11BrFNO2. The molecule has 0 saturated heterocycles. The zero-order valence-corrected chi connectivity index (χ0v) is 10.2. The molecule has 1 aromatic carbocycles. The zero-order chi connectivity index (χ0) is 12.1. The summed E-state index contributed by atoms with van der Waals surface area (Å²) in [6.07, 6.45) is 3.12. The Morgan fingerprint density at radius 1 is 1.62 bits per heavy atom. The first-order valence-corrected chi connectivity index (χ1v) is 5.40. The smallest absolute Gasteiger partial charge is 0.330 e. The minimum Gasteiger partial charge on any atom is -0.479 e. The van der Waals surface area contributed by atoms with Crippen molar-refractivity contribution in [3.63, 3.8) is 0 Å². The van der Waals surface area contributed by atoms with Crippen LogP contribution in [0.1, 0.15) is 18.5 Å². The Bertz CT molecular complexity index is 420. The van der Waals surface area contributed by atoms with Gasteiger partial charge in [0.15, 0.2) is 6.04 Å². The second-order valence-electron chi connectivity index (χ2n) is 3.10. The van der Waals surface area contributed by atoms with Gasteiger partial charge >= 0.3 is 5.97 Å². The highest BCUT2D eigenvalue weighted by Gasteiger charge is 2.21. The van der Waals surface area contributed by atoms with Crippen LogP contribution in [0.5, 0.6) is 0 Å². The number of carboxylic acid groups (broad SMARTS) is 1. The summed E-state index contributed by atoms with van der Waals surface area (Å²) < 4.78 is 14.1. The topological polar surface area (TPSA) is 49.3 Å². The van der Waals surface area contributed by atoms with Crippen LogP contribution in [-0.4, -0.2) is 11.1 Å². The van der Waals surface area contributed by atoms with E-state index in [0.29, 0.717) is 4.47 Å². The minimum atomic E-state index is -1.13. The van der Waals surface area contributed by atoms with Crippen molar-refractivity contribution >= 4 is 21.9 Å². The van der Waals surface area contributed by atoms with Crippen LogP contribution in [0.4, 0.5) is 4.39 Å². The summed E-state index contributed by atoms with van der Waals surface area (Å²) in [6, 6.07) is 3.11. The lowest BCUT2D eigenvalue weighted by Gasteiger charge is -2.14. The maximum Gasteiger partial charge on any atom is 0.330 e. The van der Waals surface area contributed by atoms with E-state index in [1.807, 2.05) is 0 Å². The van der Waals surface area contributed by atoms with E-state index in [2.05, 4.69) is 21.2 Å². The highest BCUT2D eigenvalue weighted by Crippen LogP contribution is 2.22. The Labute approximate surface area is 101 Å². The molecule has 0 aliphatic carbocycles. The second kappa shape index (κ2) is 5.65. The Kier molecular flexibility index (Phi) is 4.49. The van der Waals surface area contributed by atoms with Gasteiger partial charge in [-0.25, -0.2) is 9.18 Å². The fourth-order valence-corrected chi connectivity index (χ4v) is 1.60. The number of carbonyl (C=O) groups is 1. The van der Waals surface area contributed by atoms with E-state index < -0.39 is 17.8 Å². The number of rotatable bonds is 4. The van der Waals surface area contributed by atoms with Gasteiger partial charge in [0, 0.05) is 10.0 Å². The van der Waals surface area contributed by atoms with Crippen LogP contribution in [0.2, 0.25) is 0 Å². The van der Waals surface area contributed by atoms with E-state index in [1.165, 1.54) is 24.4 Å². The third kappa shape index (κ3) is 3.06. The fraction of sp³-hybridized carbons (Fsp3) is 0.182. The molecule has 0 bridgehead atoms. The first-order chi connectivity index (χ1) is 7.56. The van der Waals surface area contributed by atoms with Crippen molar-refractivity contribution in [3.8, 4) is 0 Å². The predicted octanol–water partition coefficient (Wildman–Crippen LogP) is 2.84. The molecule has 0 radical (unpaired) electrons. The summed E-state index contributed by atoms with van der Waals surface area (Å²) >= 11 is 3.18. The summed E-state index contributed by atoms with van der Waals surface area (Å²) in [5.74, 6) is -1.68. The molecule has 0 aromatic heterocycles. The van der Waals surface area contributed by atoms with Gasteiger partial charge in [-0.15, -0.1) is 0 Å². The van der Waals surface area contributed by atoms with Gasteiger partial charge in [0.05, 0.1) is 0 Å². The van der Waals surface area contributed by atoms with Crippen LogP contribution < -0.4 is 5.32 Å². The molecule has 1 rings (SSSR count). The summed E-state index contributed by atoms with van der Waals surface area (Å²) in [6.45, 7) is 1.74. The number of benzene rings is 1. The molecule has 0 saturated carbocycles. The van der Waals surface area contributed by atoms with Crippen molar-refractivity contribution < 1.29 is 14.3 Å². The maximum atomic E-state index is 13.5. The van der Waals surface area contributed by atoms with Gasteiger partial charge in [0.2, 0.25) is 0 Å². The van der Waals surface area contributed by atoms with Crippen molar-refractivity contribution in [2.45, 2.75) is 13.0 Å². The molecule has 2 N–H and O–H groups in total. The van der Waals surface area contributed by atoms with Gasteiger partial charge in [0.25, 0.3) is 0 Å². The van der Waals surface area contributed by atoms with Crippen LogP contribution in [0.3, 0.4) is 0 Å². The van der Waals surface area contributed by atoms with E-state index >= 15 is 0 Å². The Hall–Kier alpha value is -1.36. The molecule has 1 unspecified atom stereocenters. The highest BCUT2D eigenvalue weighted by molar-refractivity contribution is 9.10. The highest BCUT2D eigenvalue weighted by atomic mass is 79.9. The Morgan fingerprint density at radius 3 is 2.88 bits per heavy atom. The minimum absolute atomic E-state index is 0.0972. The fourth-order valence-electron chi connectivity index (χ4n) is 1.22. The van der Waals surface area contributed by atoms with Crippen molar-refractivity contribution in [3.05, 3.63) is 46.3 Å². The van der Waals surface area contributed by atoms with Crippen molar-refractivity contribution in [1.29, 1.82) is 0 Å². The lowest BCUT2D eigenvalue weighted by Crippen LogP contribution is -2.25. The number of nitrogens with one attached hydrogen (secondary N) is 1. The second-order valence-corrected chi connectivity index (χ2v) is 4.02. The molecule has 5 heteroatoms. The van der Waals surface area contributed by atoms with E-state index in [1.54, 1.807) is 13.0 Å². The van der Waals surface area contributed by atoms with Crippen LogP contribution in [0.25, 0.3) is 0 Å². The molecule has 3 nitrogen and oxygen atoms in total. The molecule has 86 valence electrons. The van der Waals surface area contributed by atoms with Gasteiger partial charge in [-0.1, -0.05) is 22.0 Å². The monoisotopic (exact) mass is 287 g/mol. The van der Waals surface area contributed by atoms with Crippen LogP contribution >= 0.6 is 15.9 Å². The number of halogens is 2. The van der Waals surface area contributed by atoms with Crippen LogP contribution in [0, 0.1) is 5.82 Å². The van der Waals surface area contributed by atoms with Gasteiger partial charge in [-0.05, 0) is 31.3 Å². The summed E-state index contributed by atoms with van der Waals surface area (Å²) in [4.78, 5) is 11.0. The van der Waals surface area contributed by atoms with Crippen molar-refractivity contribution in [1.82, 2.24) is 5.32 Å². The normalized spacial score (nSPS) is 12.7. The lowest BCUT2D eigenvalue weighted by molar-refractivity contribution is -0.139. The first kappa shape index (κ1) is 12.7. The number of aliphatic carboxylic acids is 1. The van der Waals surface area contributed by atoms with Gasteiger partial charge in [0.1, 0.15) is 5.82 Å². The number of hydrogen-bond donors (Lipinski definition) is 2. The average Bonchev–Trinajstić information content (AvgIpc) is 2.23. The SMILES string of the molecule is C/C=C\NC(C(=O)O)c1cc(Br)ccc1F. The van der Waals surface area contributed by atoms with Crippen molar-refractivity contribution in [2.75, 3.05) is 0 Å². The molecule has 1 atom stereocenters. The first-order valence-electron chi connectivity index (χ1n) is 4.61. The standard InChI is InChI=1S/C11H11BrFNO2/c1-2-5-14-10(11(15)16)8-6-7(12)3-4-9(8)13/h2-6,10,14H,1H3,(H,15,16)/b5-2-. The molecule has 0 fully saturated rings. The quantitative estimate of drug-likeness (QED) is 0.895. The number of carboxylic acids is 1. The lowest BCUT2D eigenvalue weighted by atomic mass is 10.1. The molecule has 0 amide bonds. The molecule has 0 spiro atoms. The Balaban J connectivity index is 3.09. The van der Waals surface area contributed by atoms with E-state index in [-0.39, 0.29) is 5.56 Å². The number of hydrogen-bond acceptors (Lipinski definition) is 2. The maximum absolute atomic E-state index is 13.5. The van der Waals surface area contributed by atoms with Gasteiger partial charge in [-0.3, -0.25) is 0 Å². The molecular weight excluding hydrogens is 277 g/mol. The summed E-state index contributed by atoms with van der Waals surface area (Å²) in [7, 11) is 0. The van der Waals surface area contributed by atoms with Crippen LogP contribution in [0.15, 0.2) is 34.9 Å². The summed E-state index contributed by atoms with van der Waals surface area (Å²) in [5, 5.41) is 11.6. The zero-order valence-electron chi connectivity index (χ0n) is 8.58. The van der Waals surface area contributed by atoms with Crippen molar-refractivity contribution in [2.24, 2.45) is 0 Å². The summed E-state index contributed by atoms with van der Waals surface area (Å²) in [5.41, 5.74) is 0.0972. The Morgan fingerprint density at radius 2 is 2.31 bits per heavy atom. The molecule has 0 heterocycles. The predicted molar refractivity (Wildman–Crippen MR) is 62.4 cm³/mol. The molecule has 0 aliphatic heterocycles. The van der Waals surface area contributed by atoms with Crippen LogP contribution in [-0.2, 0) is 4.79 Å². The van der Waals surface area contributed by atoms with E-state index in [4.69, 9.17) is 5.11 Å².